The highest BCUT2D eigenvalue weighted by molar-refractivity contribution is 6.42. The van der Waals surface area contributed by atoms with Crippen molar-refractivity contribution in [2.24, 2.45) is 0 Å². The molecule has 6 nitrogen and oxygen atoms in total. The zero-order valence-electron chi connectivity index (χ0n) is 18.9. The quantitative estimate of drug-likeness (QED) is 0.433. The molecular formula is C25H23BCl2N4O2. The van der Waals surface area contributed by atoms with E-state index in [2.05, 4.69) is 5.32 Å². The van der Waals surface area contributed by atoms with Gasteiger partial charge in [0, 0.05) is 24.2 Å². The summed E-state index contributed by atoms with van der Waals surface area (Å²) in [7, 11) is 5.84. The van der Waals surface area contributed by atoms with Crippen molar-refractivity contribution in [3.8, 4) is 5.69 Å². The first kappa shape index (κ1) is 24.1. The van der Waals surface area contributed by atoms with E-state index in [4.69, 9.17) is 36.0 Å². The molecular weight excluding hydrogens is 470 g/mol. The average Bonchev–Trinajstić information content (AvgIpc) is 2.84. The van der Waals surface area contributed by atoms with Gasteiger partial charge in [0.2, 0.25) is 5.95 Å². The topological polar surface area (TPSA) is 67.2 Å². The summed E-state index contributed by atoms with van der Waals surface area (Å²) in [6, 6.07) is 11.9. The molecule has 34 heavy (non-hydrogen) atoms. The molecule has 2 aromatic carbocycles. The van der Waals surface area contributed by atoms with Crippen LogP contribution in [0.2, 0.25) is 10.0 Å². The third-order valence-electron chi connectivity index (χ3n) is 5.86. The summed E-state index contributed by atoms with van der Waals surface area (Å²) < 4.78 is 1.57. The Morgan fingerprint density at radius 1 is 1.18 bits per heavy atom. The zero-order chi connectivity index (χ0) is 24.4. The summed E-state index contributed by atoms with van der Waals surface area (Å²) >= 11 is 12.1. The molecule has 0 unspecified atom stereocenters. The molecule has 0 spiro atoms. The lowest BCUT2D eigenvalue weighted by molar-refractivity contribution is 0.0731. The van der Waals surface area contributed by atoms with Crippen molar-refractivity contribution >= 4 is 48.4 Å². The molecule has 1 N–H and O–H groups in total. The minimum atomic E-state index is -0.187. The predicted molar refractivity (Wildman–Crippen MR) is 138 cm³/mol. The van der Waals surface area contributed by atoms with E-state index >= 15 is 0 Å². The Bertz CT molecular complexity index is 1340. The van der Waals surface area contributed by atoms with Crippen LogP contribution in [0, 0.1) is 0 Å². The lowest BCUT2D eigenvalue weighted by Gasteiger charge is -2.29. The Balaban J connectivity index is 1.72. The van der Waals surface area contributed by atoms with Crippen LogP contribution in [0.15, 0.2) is 58.9 Å². The first-order valence-corrected chi connectivity index (χ1v) is 11.6. The van der Waals surface area contributed by atoms with Gasteiger partial charge in [0.1, 0.15) is 7.85 Å². The zero-order valence-corrected chi connectivity index (χ0v) is 20.5. The Morgan fingerprint density at radius 2 is 1.91 bits per heavy atom. The molecule has 172 valence electrons. The van der Waals surface area contributed by atoms with Gasteiger partial charge in [-0.25, -0.2) is 9.55 Å². The van der Waals surface area contributed by atoms with Gasteiger partial charge in [0.15, 0.2) is 0 Å². The number of fused-ring (bicyclic) bond motifs is 1. The standard InChI is InChI=1S/C25H23BCl2N4O2/c1-3-15(2)13-29-25-30-22-14-31(23(33)16-4-9-20(27)21(28)12-16)11-10-19(22)24(34)32(25)18-7-5-17(26)6-8-18/h3-9,12H,10-11,13-14H2,1-2H3,(H,29,30)/b15-3+. The molecule has 0 aliphatic carbocycles. The Morgan fingerprint density at radius 3 is 2.59 bits per heavy atom. The fourth-order valence-electron chi connectivity index (χ4n) is 3.78. The van der Waals surface area contributed by atoms with Crippen molar-refractivity contribution < 1.29 is 4.79 Å². The number of amides is 1. The van der Waals surface area contributed by atoms with Crippen LogP contribution >= 0.6 is 23.2 Å². The summed E-state index contributed by atoms with van der Waals surface area (Å²) in [6.45, 7) is 5.10. The van der Waals surface area contributed by atoms with E-state index in [1.165, 1.54) is 0 Å². The predicted octanol–water partition coefficient (Wildman–Crippen LogP) is 3.91. The average molecular weight is 493 g/mol. The molecule has 1 aromatic heterocycles. The van der Waals surface area contributed by atoms with Crippen LogP contribution < -0.4 is 16.3 Å². The number of halogens is 2. The maximum absolute atomic E-state index is 13.6. The molecule has 0 saturated carbocycles. The van der Waals surface area contributed by atoms with Crippen molar-refractivity contribution in [2.45, 2.75) is 26.8 Å². The summed E-state index contributed by atoms with van der Waals surface area (Å²) in [4.78, 5) is 33.1. The van der Waals surface area contributed by atoms with Gasteiger partial charge in [-0.1, -0.05) is 52.4 Å². The molecule has 1 aliphatic heterocycles. The number of anilines is 1. The van der Waals surface area contributed by atoms with Crippen LogP contribution in [0.3, 0.4) is 0 Å². The summed E-state index contributed by atoms with van der Waals surface area (Å²) in [5.41, 5.74) is 3.85. The van der Waals surface area contributed by atoms with Crippen LogP contribution in [-0.2, 0) is 13.0 Å². The van der Waals surface area contributed by atoms with Gasteiger partial charge in [-0.2, -0.15) is 0 Å². The highest BCUT2D eigenvalue weighted by atomic mass is 35.5. The van der Waals surface area contributed by atoms with E-state index in [-0.39, 0.29) is 18.0 Å². The number of hydrogen-bond acceptors (Lipinski definition) is 4. The van der Waals surface area contributed by atoms with E-state index in [9.17, 15) is 9.59 Å². The van der Waals surface area contributed by atoms with Crippen LogP contribution in [0.1, 0.15) is 35.5 Å². The first-order chi connectivity index (χ1) is 16.3. The molecule has 4 rings (SSSR count). The highest BCUT2D eigenvalue weighted by Crippen LogP contribution is 2.25. The minimum Gasteiger partial charge on any atom is -0.352 e. The summed E-state index contributed by atoms with van der Waals surface area (Å²) in [5.74, 6) is 0.228. The molecule has 2 radical (unpaired) electrons. The van der Waals surface area contributed by atoms with Gasteiger partial charge in [-0.15, -0.1) is 0 Å². The molecule has 0 atom stereocenters. The van der Waals surface area contributed by atoms with E-state index in [0.717, 1.165) is 5.57 Å². The number of rotatable bonds is 5. The lowest BCUT2D eigenvalue weighted by Crippen LogP contribution is -2.41. The van der Waals surface area contributed by atoms with Crippen molar-refractivity contribution in [2.75, 3.05) is 18.4 Å². The number of aromatic nitrogens is 2. The van der Waals surface area contributed by atoms with Gasteiger partial charge in [0.05, 0.1) is 28.0 Å². The maximum Gasteiger partial charge on any atom is 0.263 e. The van der Waals surface area contributed by atoms with Crippen LogP contribution in [0.5, 0.6) is 0 Å². The van der Waals surface area contributed by atoms with Gasteiger partial charge in [-0.3, -0.25) is 9.59 Å². The van der Waals surface area contributed by atoms with Gasteiger partial charge >= 0.3 is 0 Å². The van der Waals surface area contributed by atoms with Crippen LogP contribution in [0.4, 0.5) is 5.95 Å². The smallest absolute Gasteiger partial charge is 0.263 e. The Labute approximate surface area is 209 Å². The van der Waals surface area contributed by atoms with E-state index in [0.29, 0.717) is 63.5 Å². The largest absolute Gasteiger partial charge is 0.352 e. The fourth-order valence-corrected chi connectivity index (χ4v) is 4.07. The molecule has 9 heteroatoms. The second kappa shape index (κ2) is 10.1. The summed E-state index contributed by atoms with van der Waals surface area (Å²) in [6.07, 6.45) is 2.39. The number of carbonyl (C=O) groups excluding carboxylic acids is 1. The fraction of sp³-hybridized carbons (Fsp3) is 0.240. The number of nitrogens with zero attached hydrogens (tertiary/aromatic N) is 3. The molecule has 1 aliphatic rings. The number of benzene rings is 2. The normalized spacial score (nSPS) is 13.5. The van der Waals surface area contributed by atoms with E-state index in [1.54, 1.807) is 51.9 Å². The Kier molecular flexibility index (Phi) is 7.15. The molecule has 0 bridgehead atoms. The third-order valence-corrected chi connectivity index (χ3v) is 6.60. The number of nitrogens with one attached hydrogen (secondary N) is 1. The van der Waals surface area contributed by atoms with E-state index < -0.39 is 0 Å². The third kappa shape index (κ3) is 4.91. The van der Waals surface area contributed by atoms with Crippen molar-refractivity contribution in [1.82, 2.24) is 14.5 Å². The van der Waals surface area contributed by atoms with Crippen molar-refractivity contribution in [3.05, 3.63) is 91.3 Å². The second-order valence-corrected chi connectivity index (χ2v) is 9.00. The van der Waals surface area contributed by atoms with Gasteiger partial charge in [0.25, 0.3) is 11.5 Å². The number of hydrogen-bond donors (Lipinski definition) is 1. The van der Waals surface area contributed by atoms with Gasteiger partial charge < -0.3 is 10.2 Å². The number of carbonyl (C=O) groups is 1. The maximum atomic E-state index is 13.6. The molecule has 3 aromatic rings. The first-order valence-electron chi connectivity index (χ1n) is 10.9. The second-order valence-electron chi connectivity index (χ2n) is 8.19. The number of allylic oxidation sites excluding steroid dienone is 1. The molecule has 2 heterocycles. The van der Waals surface area contributed by atoms with E-state index in [1.807, 2.05) is 19.9 Å². The van der Waals surface area contributed by atoms with Gasteiger partial charge in [-0.05, 0) is 50.6 Å². The van der Waals surface area contributed by atoms with Crippen LogP contribution in [0.25, 0.3) is 5.69 Å². The van der Waals surface area contributed by atoms with Crippen LogP contribution in [-0.4, -0.2) is 41.3 Å². The SMILES string of the molecule is [B]c1ccc(-n2c(NC/C(C)=C/C)nc3c(c2=O)CCN(C(=O)c2ccc(Cl)c(Cl)c2)C3)cc1. The highest BCUT2D eigenvalue weighted by Gasteiger charge is 2.27. The summed E-state index contributed by atoms with van der Waals surface area (Å²) in [5, 5.41) is 3.98. The molecule has 1 amide bonds. The molecule has 0 fully saturated rings. The minimum absolute atomic E-state index is 0.156. The monoisotopic (exact) mass is 492 g/mol. The van der Waals surface area contributed by atoms with Crippen molar-refractivity contribution in [3.63, 3.8) is 0 Å². The Hall–Kier alpha value is -3.03. The van der Waals surface area contributed by atoms with Crippen molar-refractivity contribution in [1.29, 1.82) is 0 Å². The lowest BCUT2D eigenvalue weighted by atomic mass is 9.96. The molecule has 0 saturated heterocycles.